The van der Waals surface area contributed by atoms with Gasteiger partial charge in [0.1, 0.15) is 0 Å². The van der Waals surface area contributed by atoms with Crippen LogP contribution in [0.1, 0.15) is 62.8 Å². The van der Waals surface area contributed by atoms with Crippen molar-refractivity contribution < 1.29 is 9.63 Å². The van der Waals surface area contributed by atoms with Gasteiger partial charge < -0.3 is 9.63 Å². The summed E-state index contributed by atoms with van der Waals surface area (Å²) in [6.45, 7) is 4.36. The molecule has 1 saturated carbocycles. The van der Waals surface area contributed by atoms with E-state index < -0.39 is 0 Å². The number of aromatic nitrogens is 2. The third-order valence-electron chi connectivity index (χ3n) is 4.32. The van der Waals surface area contributed by atoms with E-state index in [0.717, 1.165) is 31.2 Å². The van der Waals surface area contributed by atoms with Gasteiger partial charge in [0, 0.05) is 11.5 Å². The van der Waals surface area contributed by atoms with Crippen molar-refractivity contribution in [1.29, 1.82) is 0 Å². The topological polar surface area (TPSA) is 59.2 Å². The van der Waals surface area contributed by atoms with Crippen molar-refractivity contribution in [2.75, 3.05) is 0 Å². The highest BCUT2D eigenvalue weighted by molar-refractivity contribution is 5.54. The highest BCUT2D eigenvalue weighted by Gasteiger charge is 2.25. The van der Waals surface area contributed by atoms with Crippen LogP contribution in [0.15, 0.2) is 28.8 Å². The number of hydrogen-bond donors (Lipinski definition) is 1. The third kappa shape index (κ3) is 3.16. The zero-order valence-electron chi connectivity index (χ0n) is 12.6. The lowest BCUT2D eigenvalue weighted by Crippen LogP contribution is -2.17. The van der Waals surface area contributed by atoms with Gasteiger partial charge in [-0.1, -0.05) is 43.3 Å². The van der Waals surface area contributed by atoms with E-state index in [2.05, 4.69) is 48.3 Å². The Hall–Kier alpha value is -1.68. The minimum Gasteiger partial charge on any atom is -0.393 e. The van der Waals surface area contributed by atoms with Crippen LogP contribution in [0.4, 0.5) is 0 Å². The average molecular weight is 286 g/mol. The molecule has 1 heterocycles. The Morgan fingerprint density at radius 2 is 1.76 bits per heavy atom. The summed E-state index contributed by atoms with van der Waals surface area (Å²) < 4.78 is 5.43. The maximum absolute atomic E-state index is 9.56. The Bertz CT molecular complexity index is 581. The number of aliphatic hydroxyl groups is 1. The molecule has 21 heavy (non-hydrogen) atoms. The van der Waals surface area contributed by atoms with Gasteiger partial charge in [-0.2, -0.15) is 4.98 Å². The zero-order valence-corrected chi connectivity index (χ0v) is 12.6. The standard InChI is InChI=1S/C17H22N2O2/c1-11(2)12-3-5-13(6-4-12)16-18-17(21-19-16)14-7-9-15(20)10-8-14/h3-6,11,14-15,20H,7-10H2,1-2H3. The summed E-state index contributed by atoms with van der Waals surface area (Å²) in [5.41, 5.74) is 2.30. The molecule has 0 bridgehead atoms. The fourth-order valence-corrected chi connectivity index (χ4v) is 2.86. The fraction of sp³-hybridized carbons (Fsp3) is 0.529. The molecular formula is C17H22N2O2. The Balaban J connectivity index is 1.75. The van der Waals surface area contributed by atoms with E-state index in [9.17, 15) is 5.11 Å². The molecule has 1 aromatic heterocycles. The lowest BCUT2D eigenvalue weighted by atomic mass is 9.87. The molecule has 3 rings (SSSR count). The van der Waals surface area contributed by atoms with Crippen molar-refractivity contribution in [2.45, 2.75) is 57.5 Å². The van der Waals surface area contributed by atoms with Crippen LogP contribution in [0.3, 0.4) is 0 Å². The average Bonchev–Trinajstić information content (AvgIpc) is 2.98. The Labute approximate surface area is 125 Å². The van der Waals surface area contributed by atoms with Crippen LogP contribution in [0.2, 0.25) is 0 Å². The quantitative estimate of drug-likeness (QED) is 0.930. The van der Waals surface area contributed by atoms with E-state index in [1.165, 1.54) is 5.56 Å². The first-order chi connectivity index (χ1) is 10.1. The number of hydrogen-bond acceptors (Lipinski definition) is 4. The van der Waals surface area contributed by atoms with Crippen molar-refractivity contribution in [1.82, 2.24) is 10.1 Å². The summed E-state index contributed by atoms with van der Waals surface area (Å²) in [5.74, 6) is 2.19. The predicted molar refractivity (Wildman–Crippen MR) is 81.0 cm³/mol. The van der Waals surface area contributed by atoms with Gasteiger partial charge in [-0.25, -0.2) is 0 Å². The van der Waals surface area contributed by atoms with Crippen LogP contribution >= 0.6 is 0 Å². The van der Waals surface area contributed by atoms with Crippen LogP contribution in [0.5, 0.6) is 0 Å². The van der Waals surface area contributed by atoms with E-state index in [-0.39, 0.29) is 6.10 Å². The normalized spacial score (nSPS) is 22.7. The molecule has 0 unspecified atom stereocenters. The van der Waals surface area contributed by atoms with Crippen LogP contribution in [0, 0.1) is 0 Å². The van der Waals surface area contributed by atoms with Gasteiger partial charge in [0.05, 0.1) is 6.10 Å². The molecule has 0 saturated heterocycles. The Morgan fingerprint density at radius 3 is 2.38 bits per heavy atom. The molecule has 0 spiro atoms. The molecule has 0 atom stereocenters. The van der Waals surface area contributed by atoms with Crippen molar-refractivity contribution in [3.63, 3.8) is 0 Å². The van der Waals surface area contributed by atoms with Crippen LogP contribution in [-0.4, -0.2) is 21.4 Å². The van der Waals surface area contributed by atoms with E-state index in [0.29, 0.717) is 23.6 Å². The molecule has 1 aromatic carbocycles. The van der Waals surface area contributed by atoms with Crippen LogP contribution < -0.4 is 0 Å². The van der Waals surface area contributed by atoms with Crippen molar-refractivity contribution >= 4 is 0 Å². The number of rotatable bonds is 3. The van der Waals surface area contributed by atoms with Gasteiger partial charge in [-0.15, -0.1) is 0 Å². The molecule has 0 radical (unpaired) electrons. The lowest BCUT2D eigenvalue weighted by molar-refractivity contribution is 0.116. The minimum atomic E-state index is -0.160. The molecule has 4 heteroatoms. The van der Waals surface area contributed by atoms with Gasteiger partial charge in [-0.3, -0.25) is 0 Å². The molecule has 4 nitrogen and oxygen atoms in total. The molecule has 1 N–H and O–H groups in total. The number of nitrogens with zero attached hydrogens (tertiary/aromatic N) is 2. The number of benzene rings is 1. The maximum atomic E-state index is 9.56. The van der Waals surface area contributed by atoms with Crippen molar-refractivity contribution in [2.24, 2.45) is 0 Å². The van der Waals surface area contributed by atoms with E-state index in [1.54, 1.807) is 0 Å². The van der Waals surface area contributed by atoms with Gasteiger partial charge in [0.15, 0.2) is 0 Å². The summed E-state index contributed by atoms with van der Waals surface area (Å²) in [4.78, 5) is 4.54. The molecular weight excluding hydrogens is 264 g/mol. The zero-order chi connectivity index (χ0) is 14.8. The summed E-state index contributed by atoms with van der Waals surface area (Å²) in [5, 5.41) is 13.7. The fourth-order valence-electron chi connectivity index (χ4n) is 2.86. The molecule has 0 amide bonds. The van der Waals surface area contributed by atoms with Gasteiger partial charge >= 0.3 is 0 Å². The summed E-state index contributed by atoms with van der Waals surface area (Å²) in [7, 11) is 0. The lowest BCUT2D eigenvalue weighted by Gasteiger charge is -2.22. The molecule has 1 aliphatic carbocycles. The SMILES string of the molecule is CC(C)c1ccc(-c2noc(C3CCC(O)CC3)n2)cc1. The summed E-state index contributed by atoms with van der Waals surface area (Å²) >= 11 is 0. The second kappa shape index (κ2) is 5.98. The molecule has 0 aliphatic heterocycles. The molecule has 1 aliphatic rings. The maximum Gasteiger partial charge on any atom is 0.230 e. The monoisotopic (exact) mass is 286 g/mol. The van der Waals surface area contributed by atoms with Crippen molar-refractivity contribution in [3.8, 4) is 11.4 Å². The first-order valence-corrected chi connectivity index (χ1v) is 7.75. The first kappa shape index (κ1) is 14.3. The predicted octanol–water partition coefficient (Wildman–Crippen LogP) is 3.88. The highest BCUT2D eigenvalue weighted by atomic mass is 16.5. The van der Waals surface area contributed by atoms with Crippen LogP contribution in [0.25, 0.3) is 11.4 Å². The largest absolute Gasteiger partial charge is 0.393 e. The van der Waals surface area contributed by atoms with Gasteiger partial charge in [0.2, 0.25) is 11.7 Å². The second-order valence-corrected chi connectivity index (χ2v) is 6.24. The van der Waals surface area contributed by atoms with Crippen LogP contribution in [-0.2, 0) is 0 Å². The Kier molecular flexibility index (Phi) is 4.06. The van der Waals surface area contributed by atoms with E-state index in [4.69, 9.17) is 4.52 Å². The van der Waals surface area contributed by atoms with E-state index >= 15 is 0 Å². The minimum absolute atomic E-state index is 0.160. The second-order valence-electron chi connectivity index (χ2n) is 6.24. The van der Waals surface area contributed by atoms with E-state index in [1.807, 2.05) is 0 Å². The Morgan fingerprint density at radius 1 is 1.10 bits per heavy atom. The van der Waals surface area contributed by atoms with Gasteiger partial charge in [-0.05, 0) is 37.2 Å². The number of aliphatic hydroxyl groups excluding tert-OH is 1. The third-order valence-corrected chi connectivity index (χ3v) is 4.32. The molecule has 112 valence electrons. The smallest absolute Gasteiger partial charge is 0.230 e. The highest BCUT2D eigenvalue weighted by Crippen LogP contribution is 2.32. The summed E-state index contributed by atoms with van der Waals surface area (Å²) in [6, 6.07) is 8.34. The molecule has 2 aromatic rings. The first-order valence-electron chi connectivity index (χ1n) is 7.75. The molecule has 1 fully saturated rings. The summed E-state index contributed by atoms with van der Waals surface area (Å²) in [6.07, 6.45) is 3.34. The van der Waals surface area contributed by atoms with Gasteiger partial charge in [0.25, 0.3) is 0 Å². The van der Waals surface area contributed by atoms with Crippen molar-refractivity contribution in [3.05, 3.63) is 35.7 Å².